The van der Waals surface area contributed by atoms with Crippen LogP contribution < -0.4 is 0 Å². The number of hydrogen-bond donors (Lipinski definition) is 0. The summed E-state index contributed by atoms with van der Waals surface area (Å²) in [5.41, 5.74) is 0. The van der Waals surface area contributed by atoms with Gasteiger partial charge < -0.3 is 9.05 Å². The third-order valence-corrected chi connectivity index (χ3v) is 4.94. The lowest BCUT2D eigenvalue weighted by molar-refractivity contribution is 0.208. The molecule has 0 aliphatic rings. The van der Waals surface area contributed by atoms with Crippen LogP contribution >= 0.6 is 18.9 Å². The van der Waals surface area contributed by atoms with Crippen molar-refractivity contribution in [3.8, 4) is 0 Å². The Morgan fingerprint density at radius 1 is 1.21 bits per heavy atom. The lowest BCUT2D eigenvalue weighted by Gasteiger charge is -2.14. The highest BCUT2D eigenvalue weighted by Crippen LogP contribution is 2.50. The summed E-state index contributed by atoms with van der Waals surface area (Å²) in [6.07, 6.45) is 5.65. The molecule has 0 unspecified atom stereocenters. The van der Waals surface area contributed by atoms with Crippen LogP contribution in [0.5, 0.6) is 0 Å². The zero-order valence-corrected chi connectivity index (χ0v) is 13.4. The second kappa shape index (κ2) is 9.49. The zero-order valence-electron chi connectivity index (χ0n) is 11.7. The van der Waals surface area contributed by atoms with E-state index in [-0.39, 0.29) is 0 Å². The zero-order chi connectivity index (χ0) is 14.0. The monoisotopic (exact) mass is 302 g/mol. The van der Waals surface area contributed by atoms with Gasteiger partial charge in [0.1, 0.15) is 0 Å². The minimum absolute atomic E-state index is 0.481. The summed E-state index contributed by atoms with van der Waals surface area (Å²) in [6.45, 7) is 5.12. The van der Waals surface area contributed by atoms with Crippen LogP contribution in [0.2, 0.25) is 0 Å². The topological polar surface area (TPSA) is 35.5 Å². The van der Waals surface area contributed by atoms with Crippen LogP contribution in [0.25, 0.3) is 6.08 Å². The maximum absolute atomic E-state index is 12.5. The number of rotatable bonds is 10. The van der Waals surface area contributed by atoms with Gasteiger partial charge in [0.25, 0.3) is 0 Å². The summed E-state index contributed by atoms with van der Waals surface area (Å²) in [7, 11) is -3.09. The number of hydrogen-bond acceptors (Lipinski definition) is 4. The van der Waals surface area contributed by atoms with E-state index >= 15 is 0 Å². The Morgan fingerprint density at radius 3 is 2.32 bits per heavy atom. The first-order valence-corrected chi connectivity index (χ1v) is 9.31. The summed E-state index contributed by atoms with van der Waals surface area (Å²) in [6, 6.07) is 3.94. The van der Waals surface area contributed by atoms with Gasteiger partial charge in [0, 0.05) is 10.7 Å². The first-order valence-electron chi connectivity index (χ1n) is 6.81. The van der Waals surface area contributed by atoms with E-state index < -0.39 is 7.60 Å². The summed E-state index contributed by atoms with van der Waals surface area (Å²) in [5, 5.41) is 1.99. The van der Waals surface area contributed by atoms with Crippen LogP contribution in [-0.4, -0.2) is 13.2 Å². The molecule has 0 N–H and O–H groups in total. The van der Waals surface area contributed by atoms with Gasteiger partial charge in [0.05, 0.1) is 13.2 Å². The van der Waals surface area contributed by atoms with E-state index in [2.05, 4.69) is 13.8 Å². The van der Waals surface area contributed by atoms with Crippen LogP contribution in [0.1, 0.15) is 44.4 Å². The average molecular weight is 302 g/mol. The van der Waals surface area contributed by atoms with Crippen LogP contribution in [0.4, 0.5) is 0 Å². The molecule has 0 spiro atoms. The molecular weight excluding hydrogens is 279 g/mol. The molecule has 0 radical (unpaired) electrons. The van der Waals surface area contributed by atoms with Crippen molar-refractivity contribution in [2.45, 2.75) is 39.5 Å². The van der Waals surface area contributed by atoms with Gasteiger partial charge in [-0.3, -0.25) is 4.57 Å². The SMILES string of the molecule is CCCCOP(=O)(/C=C/c1cccs1)OCCCC. The van der Waals surface area contributed by atoms with Gasteiger partial charge in [0.15, 0.2) is 0 Å². The Morgan fingerprint density at radius 2 is 1.84 bits per heavy atom. The van der Waals surface area contributed by atoms with Crippen molar-refractivity contribution in [3.63, 3.8) is 0 Å². The van der Waals surface area contributed by atoms with Crippen molar-refractivity contribution in [1.29, 1.82) is 0 Å². The van der Waals surface area contributed by atoms with E-state index in [1.807, 2.05) is 23.6 Å². The van der Waals surface area contributed by atoms with Gasteiger partial charge in [0.2, 0.25) is 0 Å². The second-order valence-electron chi connectivity index (χ2n) is 4.24. The van der Waals surface area contributed by atoms with Crippen LogP contribution in [-0.2, 0) is 13.6 Å². The minimum Gasteiger partial charge on any atom is -0.306 e. The van der Waals surface area contributed by atoms with Gasteiger partial charge in [-0.05, 0) is 30.4 Å². The predicted molar refractivity (Wildman–Crippen MR) is 82.7 cm³/mol. The molecule has 0 aliphatic carbocycles. The highest BCUT2D eigenvalue weighted by Gasteiger charge is 2.20. The molecule has 0 amide bonds. The average Bonchev–Trinajstić information content (AvgIpc) is 2.91. The molecule has 0 saturated carbocycles. The molecule has 1 rings (SSSR count). The Bertz CT molecular complexity index is 387. The molecule has 19 heavy (non-hydrogen) atoms. The van der Waals surface area contributed by atoms with Crippen molar-refractivity contribution in [1.82, 2.24) is 0 Å². The van der Waals surface area contributed by atoms with Crippen molar-refractivity contribution >= 4 is 25.0 Å². The summed E-state index contributed by atoms with van der Waals surface area (Å²) in [5.74, 6) is 1.59. The van der Waals surface area contributed by atoms with Gasteiger partial charge in [-0.25, -0.2) is 0 Å². The lowest BCUT2D eigenvalue weighted by atomic mass is 10.4. The fourth-order valence-electron chi connectivity index (χ4n) is 1.35. The van der Waals surface area contributed by atoms with E-state index in [4.69, 9.17) is 9.05 Å². The highest BCUT2D eigenvalue weighted by atomic mass is 32.1. The summed E-state index contributed by atoms with van der Waals surface area (Å²) < 4.78 is 23.5. The first kappa shape index (κ1) is 16.6. The van der Waals surface area contributed by atoms with Crippen LogP contribution in [0, 0.1) is 0 Å². The van der Waals surface area contributed by atoms with Crippen molar-refractivity contribution in [2.75, 3.05) is 13.2 Å². The molecule has 0 aliphatic heterocycles. The Kier molecular flexibility index (Phi) is 8.31. The molecule has 0 saturated heterocycles. The molecule has 0 aromatic carbocycles. The van der Waals surface area contributed by atoms with Crippen molar-refractivity contribution < 1.29 is 13.6 Å². The molecule has 1 aromatic rings. The van der Waals surface area contributed by atoms with Gasteiger partial charge >= 0.3 is 7.60 Å². The molecule has 5 heteroatoms. The fourth-order valence-corrected chi connectivity index (χ4v) is 3.42. The molecule has 0 fully saturated rings. The molecule has 1 aromatic heterocycles. The first-order chi connectivity index (χ1) is 9.20. The van der Waals surface area contributed by atoms with Crippen molar-refractivity contribution in [3.05, 3.63) is 28.2 Å². The number of thiophene rings is 1. The van der Waals surface area contributed by atoms with Crippen LogP contribution in [0.3, 0.4) is 0 Å². The largest absolute Gasteiger partial charge is 0.354 e. The van der Waals surface area contributed by atoms with Gasteiger partial charge in [-0.15, -0.1) is 11.3 Å². The maximum atomic E-state index is 12.5. The smallest absolute Gasteiger partial charge is 0.306 e. The Hall–Kier alpha value is -0.410. The number of unbranched alkanes of at least 4 members (excludes halogenated alkanes) is 2. The lowest BCUT2D eigenvalue weighted by Crippen LogP contribution is -1.97. The Labute approximate surface area is 120 Å². The van der Waals surface area contributed by atoms with Gasteiger partial charge in [-0.2, -0.15) is 0 Å². The molecule has 1 heterocycles. The minimum atomic E-state index is -3.09. The molecule has 108 valence electrons. The third-order valence-electron chi connectivity index (χ3n) is 2.50. The predicted octanol–water partition coefficient (Wildman–Crippen LogP) is 5.55. The quantitative estimate of drug-likeness (QED) is 0.420. The molecule has 0 bridgehead atoms. The van der Waals surface area contributed by atoms with Gasteiger partial charge in [-0.1, -0.05) is 32.8 Å². The van der Waals surface area contributed by atoms with E-state index in [9.17, 15) is 4.57 Å². The van der Waals surface area contributed by atoms with Crippen molar-refractivity contribution in [2.24, 2.45) is 0 Å². The van der Waals surface area contributed by atoms with E-state index in [0.29, 0.717) is 13.2 Å². The third kappa shape index (κ3) is 7.07. The maximum Gasteiger partial charge on any atom is 0.354 e. The van der Waals surface area contributed by atoms with E-state index in [0.717, 1.165) is 30.6 Å². The second-order valence-corrected chi connectivity index (χ2v) is 7.12. The molecular formula is C14H23O3PS. The Balaban J connectivity index is 2.59. The summed E-state index contributed by atoms with van der Waals surface area (Å²) >= 11 is 1.60. The molecule has 3 nitrogen and oxygen atoms in total. The van der Waals surface area contributed by atoms with Crippen LogP contribution in [0.15, 0.2) is 23.3 Å². The highest BCUT2D eigenvalue weighted by molar-refractivity contribution is 7.57. The fraction of sp³-hybridized carbons (Fsp3) is 0.571. The van der Waals surface area contributed by atoms with E-state index in [1.54, 1.807) is 17.2 Å². The van der Waals surface area contributed by atoms with E-state index in [1.165, 1.54) is 0 Å². The standard InChI is InChI=1S/C14H23O3PS/c1-3-5-10-16-18(15,17-11-6-4-2)12-9-14-8-7-13-19-14/h7-9,12-13H,3-6,10-11H2,1-2H3/b12-9+. The molecule has 0 atom stereocenters. The summed E-state index contributed by atoms with van der Waals surface area (Å²) in [4.78, 5) is 1.05. The normalized spacial score (nSPS) is 12.3.